The van der Waals surface area contributed by atoms with Gasteiger partial charge in [0.2, 0.25) is 0 Å². The van der Waals surface area contributed by atoms with Gasteiger partial charge in [0.25, 0.3) is 0 Å². The monoisotopic (exact) mass is 378 g/mol. The van der Waals surface area contributed by atoms with Crippen LogP contribution in [0.2, 0.25) is 0 Å². The molecule has 0 aromatic heterocycles. The van der Waals surface area contributed by atoms with Crippen molar-refractivity contribution in [2.75, 3.05) is 25.5 Å². The predicted octanol–water partition coefficient (Wildman–Crippen LogP) is 4.02. The first kappa shape index (κ1) is 15.8. The van der Waals surface area contributed by atoms with Crippen molar-refractivity contribution in [1.29, 1.82) is 0 Å². The highest BCUT2D eigenvalue weighted by molar-refractivity contribution is 9.11. The zero-order chi connectivity index (χ0) is 13.8. The first-order valence-corrected chi connectivity index (χ1v) is 7.44. The van der Waals surface area contributed by atoms with Crippen LogP contribution in [0.25, 0.3) is 0 Å². The average molecular weight is 380 g/mol. The third-order valence-corrected chi connectivity index (χ3v) is 3.61. The Balaban J connectivity index is 2.57. The number of ether oxygens (including phenoxy) is 1. The number of benzene rings is 1. The van der Waals surface area contributed by atoms with E-state index in [1.54, 1.807) is 7.11 Å². The van der Waals surface area contributed by atoms with E-state index in [2.05, 4.69) is 63.3 Å². The number of rotatable bonds is 5. The predicted molar refractivity (Wildman–Crippen MR) is 84.6 cm³/mol. The van der Waals surface area contributed by atoms with Crippen LogP contribution in [-0.4, -0.2) is 25.7 Å². The lowest BCUT2D eigenvalue weighted by atomic mass is 10.1. The lowest BCUT2D eigenvalue weighted by molar-refractivity contribution is 0.412. The van der Waals surface area contributed by atoms with Gasteiger partial charge >= 0.3 is 0 Å². The van der Waals surface area contributed by atoms with Crippen molar-refractivity contribution in [2.45, 2.75) is 26.3 Å². The van der Waals surface area contributed by atoms with Gasteiger partial charge in [0.1, 0.15) is 5.75 Å². The second-order valence-electron chi connectivity index (χ2n) is 5.07. The van der Waals surface area contributed by atoms with Crippen molar-refractivity contribution in [2.24, 2.45) is 0 Å². The first-order chi connectivity index (χ1) is 8.33. The molecule has 0 bridgehead atoms. The van der Waals surface area contributed by atoms with Crippen molar-refractivity contribution >= 4 is 37.5 Å². The summed E-state index contributed by atoms with van der Waals surface area (Å²) in [4.78, 5) is 0. The third-order valence-electron chi connectivity index (χ3n) is 2.34. The molecule has 2 N–H and O–H groups in total. The Labute approximate surface area is 126 Å². The van der Waals surface area contributed by atoms with Crippen molar-refractivity contribution in [3.8, 4) is 5.75 Å². The molecule has 0 radical (unpaired) electrons. The largest absolute Gasteiger partial charge is 0.495 e. The Kier molecular flexibility index (Phi) is 5.95. The fourth-order valence-electron chi connectivity index (χ4n) is 1.46. The van der Waals surface area contributed by atoms with Crippen LogP contribution in [0.3, 0.4) is 0 Å². The molecule has 0 amide bonds. The summed E-state index contributed by atoms with van der Waals surface area (Å²) in [5.74, 6) is 0.824. The molecule has 0 aliphatic rings. The van der Waals surface area contributed by atoms with Gasteiger partial charge in [-0.15, -0.1) is 0 Å². The minimum Gasteiger partial charge on any atom is -0.495 e. The first-order valence-electron chi connectivity index (χ1n) is 5.85. The Hall–Kier alpha value is -0.260. The summed E-state index contributed by atoms with van der Waals surface area (Å²) in [7, 11) is 1.67. The number of methoxy groups -OCH3 is 1. The summed E-state index contributed by atoms with van der Waals surface area (Å²) in [5, 5.41) is 6.81. The lowest BCUT2D eigenvalue weighted by Gasteiger charge is -2.21. The van der Waals surface area contributed by atoms with E-state index >= 15 is 0 Å². The Morgan fingerprint density at radius 1 is 1.11 bits per heavy atom. The molecule has 1 rings (SSSR count). The molecule has 0 aliphatic heterocycles. The molecule has 0 heterocycles. The molecule has 0 atom stereocenters. The highest BCUT2D eigenvalue weighted by Gasteiger charge is 2.09. The number of halogens is 2. The van der Waals surface area contributed by atoms with Crippen molar-refractivity contribution < 1.29 is 4.74 Å². The SMILES string of the molecule is COc1cc(NCCNC(C)(C)C)c(Br)cc1Br. The van der Waals surface area contributed by atoms with E-state index in [1.807, 2.05) is 12.1 Å². The molecule has 5 heteroatoms. The van der Waals surface area contributed by atoms with Gasteiger partial charge in [-0.2, -0.15) is 0 Å². The van der Waals surface area contributed by atoms with Crippen molar-refractivity contribution in [1.82, 2.24) is 5.32 Å². The van der Waals surface area contributed by atoms with Crippen molar-refractivity contribution in [3.05, 3.63) is 21.1 Å². The Bertz CT molecular complexity index is 403. The summed E-state index contributed by atoms with van der Waals surface area (Å²) in [6.07, 6.45) is 0. The van der Waals surface area contributed by atoms with E-state index in [9.17, 15) is 0 Å². The van der Waals surface area contributed by atoms with Crippen LogP contribution in [0.1, 0.15) is 20.8 Å². The van der Waals surface area contributed by atoms with Gasteiger partial charge in [-0.3, -0.25) is 0 Å². The molecule has 1 aromatic rings. The molecule has 0 spiro atoms. The average Bonchev–Trinajstić information content (AvgIpc) is 2.25. The van der Waals surface area contributed by atoms with Gasteiger partial charge < -0.3 is 15.4 Å². The topological polar surface area (TPSA) is 33.3 Å². The van der Waals surface area contributed by atoms with Crippen LogP contribution in [0, 0.1) is 0 Å². The van der Waals surface area contributed by atoms with Crippen LogP contribution in [-0.2, 0) is 0 Å². The van der Waals surface area contributed by atoms with E-state index < -0.39 is 0 Å². The van der Waals surface area contributed by atoms with Crippen molar-refractivity contribution in [3.63, 3.8) is 0 Å². The molecule has 0 saturated carbocycles. The lowest BCUT2D eigenvalue weighted by Crippen LogP contribution is -2.38. The van der Waals surface area contributed by atoms with Gasteiger partial charge in [-0.05, 0) is 58.7 Å². The molecule has 0 aliphatic carbocycles. The van der Waals surface area contributed by atoms with Crippen LogP contribution < -0.4 is 15.4 Å². The number of anilines is 1. The smallest absolute Gasteiger partial charge is 0.135 e. The van der Waals surface area contributed by atoms with E-state index in [0.717, 1.165) is 33.5 Å². The second-order valence-corrected chi connectivity index (χ2v) is 6.78. The summed E-state index contributed by atoms with van der Waals surface area (Å²) in [6, 6.07) is 3.96. The fourth-order valence-corrected chi connectivity index (χ4v) is 2.75. The fraction of sp³-hybridized carbons (Fsp3) is 0.538. The van der Waals surface area contributed by atoms with E-state index in [1.165, 1.54) is 0 Å². The summed E-state index contributed by atoms with van der Waals surface area (Å²) < 4.78 is 7.24. The van der Waals surface area contributed by atoms with E-state index in [4.69, 9.17) is 4.74 Å². The van der Waals surface area contributed by atoms with E-state index in [-0.39, 0.29) is 5.54 Å². The van der Waals surface area contributed by atoms with Gasteiger partial charge in [-0.1, -0.05) is 0 Å². The molecule has 102 valence electrons. The zero-order valence-corrected chi connectivity index (χ0v) is 14.4. The maximum Gasteiger partial charge on any atom is 0.135 e. The molecular formula is C13H20Br2N2O. The Morgan fingerprint density at radius 2 is 1.78 bits per heavy atom. The maximum absolute atomic E-state index is 5.28. The standard InChI is InChI=1S/C13H20Br2N2O/c1-13(2,3)17-6-5-16-11-8-12(18-4)10(15)7-9(11)14/h7-8,16-17H,5-6H2,1-4H3. The number of hydrogen-bond donors (Lipinski definition) is 2. The summed E-state index contributed by atoms with van der Waals surface area (Å²) >= 11 is 6.99. The van der Waals surface area contributed by atoms with Crippen LogP contribution in [0.5, 0.6) is 5.75 Å². The molecule has 0 fully saturated rings. The van der Waals surface area contributed by atoms with E-state index in [0.29, 0.717) is 0 Å². The summed E-state index contributed by atoms with van der Waals surface area (Å²) in [6.45, 7) is 8.25. The molecular weight excluding hydrogens is 360 g/mol. The quantitative estimate of drug-likeness (QED) is 0.758. The number of hydrogen-bond acceptors (Lipinski definition) is 3. The molecule has 0 saturated heterocycles. The minimum atomic E-state index is 0.149. The Morgan fingerprint density at radius 3 is 2.33 bits per heavy atom. The third kappa shape index (κ3) is 5.16. The molecule has 1 aromatic carbocycles. The van der Waals surface area contributed by atoms with Gasteiger partial charge in [-0.25, -0.2) is 0 Å². The highest BCUT2D eigenvalue weighted by atomic mass is 79.9. The van der Waals surface area contributed by atoms with Gasteiger partial charge in [0, 0.05) is 29.2 Å². The zero-order valence-electron chi connectivity index (χ0n) is 11.2. The molecule has 0 unspecified atom stereocenters. The second kappa shape index (κ2) is 6.78. The minimum absolute atomic E-state index is 0.149. The van der Waals surface area contributed by atoms with Crippen LogP contribution in [0.15, 0.2) is 21.1 Å². The van der Waals surface area contributed by atoms with Crippen LogP contribution >= 0.6 is 31.9 Å². The van der Waals surface area contributed by atoms with Gasteiger partial charge in [0.15, 0.2) is 0 Å². The molecule has 3 nitrogen and oxygen atoms in total. The number of nitrogens with one attached hydrogen (secondary N) is 2. The van der Waals surface area contributed by atoms with Gasteiger partial charge in [0.05, 0.1) is 17.3 Å². The summed E-state index contributed by atoms with van der Waals surface area (Å²) in [5.41, 5.74) is 1.18. The molecule has 18 heavy (non-hydrogen) atoms. The maximum atomic E-state index is 5.28. The normalized spacial score (nSPS) is 11.4. The van der Waals surface area contributed by atoms with Crippen LogP contribution in [0.4, 0.5) is 5.69 Å². The highest BCUT2D eigenvalue weighted by Crippen LogP contribution is 2.34.